The lowest BCUT2D eigenvalue weighted by atomic mass is 10.0. The maximum atomic E-state index is 13.1. The van der Waals surface area contributed by atoms with Crippen LogP contribution >= 0.6 is 0 Å². The number of nitriles is 1. The van der Waals surface area contributed by atoms with Crippen molar-refractivity contribution in [3.63, 3.8) is 0 Å². The molecule has 1 aromatic carbocycles. The van der Waals surface area contributed by atoms with E-state index in [4.69, 9.17) is 5.26 Å². The van der Waals surface area contributed by atoms with Crippen molar-refractivity contribution < 1.29 is 4.39 Å². The highest BCUT2D eigenvalue weighted by atomic mass is 19.1. The van der Waals surface area contributed by atoms with Crippen molar-refractivity contribution in [1.29, 1.82) is 5.26 Å². The number of likely N-dealkylation sites (tertiary alicyclic amines) is 1. The predicted octanol–water partition coefficient (Wildman–Crippen LogP) is 2.98. The van der Waals surface area contributed by atoms with Crippen molar-refractivity contribution in [2.75, 3.05) is 18.4 Å². The van der Waals surface area contributed by atoms with Gasteiger partial charge in [0.15, 0.2) is 0 Å². The Hall–Kier alpha value is -1.60. The molecule has 1 heterocycles. The minimum atomic E-state index is -0.364. The van der Waals surface area contributed by atoms with Crippen molar-refractivity contribution in [3.05, 3.63) is 29.6 Å². The number of piperidine rings is 1. The quantitative estimate of drug-likeness (QED) is 0.909. The average Bonchev–Trinajstić information content (AvgIpc) is 2.41. The first kappa shape index (κ1) is 13.8. The minimum absolute atomic E-state index is 0.364. The molecule has 1 N–H and O–H groups in total. The topological polar surface area (TPSA) is 39.1 Å². The van der Waals surface area contributed by atoms with Gasteiger partial charge in [0, 0.05) is 25.2 Å². The van der Waals surface area contributed by atoms with Crippen molar-refractivity contribution in [3.8, 4) is 6.07 Å². The Labute approximate surface area is 114 Å². The predicted molar refractivity (Wildman–Crippen MR) is 74.5 cm³/mol. The first-order chi connectivity index (χ1) is 9.10. The molecule has 2 rings (SSSR count). The van der Waals surface area contributed by atoms with Gasteiger partial charge < -0.3 is 10.2 Å². The molecule has 0 spiro atoms. The molecule has 3 nitrogen and oxygen atoms in total. The van der Waals surface area contributed by atoms with Gasteiger partial charge in [-0.15, -0.1) is 0 Å². The molecular formula is C15H20FN3. The lowest BCUT2D eigenvalue weighted by Crippen LogP contribution is -2.42. The molecule has 0 bridgehead atoms. The van der Waals surface area contributed by atoms with E-state index in [2.05, 4.69) is 24.1 Å². The summed E-state index contributed by atoms with van der Waals surface area (Å²) in [5.41, 5.74) is 1.12. The van der Waals surface area contributed by atoms with Crippen LogP contribution in [-0.2, 0) is 0 Å². The molecule has 19 heavy (non-hydrogen) atoms. The number of rotatable bonds is 3. The standard InChI is InChI=1S/C15H20FN3/c1-11(2)19-7-5-14(6-8-19)18-15-4-3-13(16)9-12(15)10-17/h3-4,9,11,14,18H,5-8H2,1-2H3. The summed E-state index contributed by atoms with van der Waals surface area (Å²) in [5.74, 6) is -0.364. The van der Waals surface area contributed by atoms with E-state index in [0.29, 0.717) is 17.6 Å². The number of halogens is 1. The molecule has 4 heteroatoms. The van der Waals surface area contributed by atoms with Gasteiger partial charge in [-0.3, -0.25) is 0 Å². The minimum Gasteiger partial charge on any atom is -0.381 e. The first-order valence-corrected chi connectivity index (χ1v) is 6.80. The van der Waals surface area contributed by atoms with Crippen LogP contribution in [0.3, 0.4) is 0 Å². The van der Waals surface area contributed by atoms with Crippen LogP contribution in [-0.4, -0.2) is 30.1 Å². The summed E-state index contributed by atoms with van der Waals surface area (Å²) in [6.45, 7) is 6.56. The Kier molecular flexibility index (Phi) is 4.39. The smallest absolute Gasteiger partial charge is 0.124 e. The van der Waals surface area contributed by atoms with Crippen molar-refractivity contribution in [2.24, 2.45) is 0 Å². The van der Waals surface area contributed by atoms with E-state index in [1.807, 2.05) is 6.07 Å². The third kappa shape index (κ3) is 3.45. The highest BCUT2D eigenvalue weighted by Crippen LogP contribution is 2.21. The average molecular weight is 261 g/mol. The second kappa shape index (κ2) is 6.03. The van der Waals surface area contributed by atoms with Crippen molar-refractivity contribution in [2.45, 2.75) is 38.8 Å². The lowest BCUT2D eigenvalue weighted by Gasteiger charge is -2.35. The van der Waals surface area contributed by atoms with Crippen molar-refractivity contribution in [1.82, 2.24) is 4.90 Å². The van der Waals surface area contributed by atoms with E-state index in [1.165, 1.54) is 12.1 Å². The van der Waals surface area contributed by atoms with Crippen molar-refractivity contribution >= 4 is 5.69 Å². The highest BCUT2D eigenvalue weighted by Gasteiger charge is 2.21. The fraction of sp³-hybridized carbons (Fsp3) is 0.533. The van der Waals surface area contributed by atoms with Gasteiger partial charge in [-0.1, -0.05) is 0 Å². The largest absolute Gasteiger partial charge is 0.381 e. The van der Waals surface area contributed by atoms with Crippen LogP contribution in [0.2, 0.25) is 0 Å². The molecule has 0 radical (unpaired) electrons. The number of hydrogen-bond donors (Lipinski definition) is 1. The van der Waals surface area contributed by atoms with E-state index in [-0.39, 0.29) is 5.82 Å². The molecular weight excluding hydrogens is 241 g/mol. The van der Waals surface area contributed by atoms with Gasteiger partial charge in [-0.2, -0.15) is 5.26 Å². The maximum absolute atomic E-state index is 13.1. The van der Waals surface area contributed by atoms with Crippen LogP contribution in [0, 0.1) is 17.1 Å². The van der Waals surface area contributed by atoms with Crippen LogP contribution < -0.4 is 5.32 Å². The summed E-state index contributed by atoms with van der Waals surface area (Å²) in [6.07, 6.45) is 2.11. The fourth-order valence-corrected chi connectivity index (χ4v) is 2.51. The molecule has 1 saturated heterocycles. The highest BCUT2D eigenvalue weighted by molar-refractivity contribution is 5.57. The molecule has 0 saturated carbocycles. The van der Waals surface area contributed by atoms with E-state index in [1.54, 1.807) is 6.07 Å². The second-order valence-electron chi connectivity index (χ2n) is 5.35. The Morgan fingerprint density at radius 1 is 1.37 bits per heavy atom. The number of anilines is 1. The fourth-order valence-electron chi connectivity index (χ4n) is 2.51. The number of benzene rings is 1. The normalized spacial score (nSPS) is 17.4. The summed E-state index contributed by atoms with van der Waals surface area (Å²) in [5, 5.41) is 12.4. The summed E-state index contributed by atoms with van der Waals surface area (Å²) in [7, 11) is 0. The molecule has 0 amide bonds. The SMILES string of the molecule is CC(C)N1CCC(Nc2ccc(F)cc2C#N)CC1. The van der Waals surface area contributed by atoms with E-state index in [9.17, 15) is 4.39 Å². The van der Waals surface area contributed by atoms with Gasteiger partial charge in [0.05, 0.1) is 11.3 Å². The van der Waals surface area contributed by atoms with Crippen LogP contribution in [0.1, 0.15) is 32.3 Å². The zero-order valence-corrected chi connectivity index (χ0v) is 11.5. The van der Waals surface area contributed by atoms with E-state index in [0.717, 1.165) is 31.6 Å². The maximum Gasteiger partial charge on any atom is 0.124 e. The molecule has 1 aliphatic rings. The van der Waals surface area contributed by atoms with Crippen LogP contribution in [0.25, 0.3) is 0 Å². The van der Waals surface area contributed by atoms with Crippen LogP contribution in [0.5, 0.6) is 0 Å². The number of nitrogens with zero attached hydrogens (tertiary/aromatic N) is 2. The van der Waals surface area contributed by atoms with Gasteiger partial charge in [0.1, 0.15) is 11.9 Å². The zero-order valence-electron chi connectivity index (χ0n) is 11.5. The molecule has 0 unspecified atom stereocenters. The third-order valence-electron chi connectivity index (χ3n) is 3.72. The van der Waals surface area contributed by atoms with Gasteiger partial charge in [-0.05, 0) is 44.9 Å². The Morgan fingerprint density at radius 3 is 2.63 bits per heavy atom. The van der Waals surface area contributed by atoms with E-state index >= 15 is 0 Å². The van der Waals surface area contributed by atoms with Gasteiger partial charge in [-0.25, -0.2) is 4.39 Å². The van der Waals surface area contributed by atoms with Crippen LogP contribution in [0.15, 0.2) is 18.2 Å². The summed E-state index contributed by atoms with van der Waals surface area (Å²) >= 11 is 0. The monoisotopic (exact) mass is 261 g/mol. The second-order valence-corrected chi connectivity index (χ2v) is 5.35. The Balaban J connectivity index is 1.98. The Bertz CT molecular complexity index is 471. The van der Waals surface area contributed by atoms with E-state index < -0.39 is 0 Å². The summed E-state index contributed by atoms with van der Waals surface area (Å²) in [6, 6.07) is 7.33. The molecule has 1 aliphatic heterocycles. The van der Waals surface area contributed by atoms with Gasteiger partial charge in [0.2, 0.25) is 0 Å². The molecule has 1 aromatic rings. The molecule has 102 valence electrons. The molecule has 0 aromatic heterocycles. The summed E-state index contributed by atoms with van der Waals surface area (Å²) < 4.78 is 13.1. The van der Waals surface area contributed by atoms with Gasteiger partial charge >= 0.3 is 0 Å². The zero-order chi connectivity index (χ0) is 13.8. The lowest BCUT2D eigenvalue weighted by molar-refractivity contribution is 0.177. The molecule has 1 fully saturated rings. The van der Waals surface area contributed by atoms with Crippen LogP contribution in [0.4, 0.5) is 10.1 Å². The van der Waals surface area contributed by atoms with Gasteiger partial charge in [0.25, 0.3) is 0 Å². The first-order valence-electron chi connectivity index (χ1n) is 6.80. The molecule has 0 atom stereocenters. The summed E-state index contributed by atoms with van der Waals surface area (Å²) in [4.78, 5) is 2.45. The Morgan fingerprint density at radius 2 is 2.05 bits per heavy atom. The number of hydrogen-bond acceptors (Lipinski definition) is 3. The molecule has 0 aliphatic carbocycles. The third-order valence-corrected chi connectivity index (χ3v) is 3.72. The number of nitrogens with one attached hydrogen (secondary N) is 1.